The minimum Gasteiger partial charge on any atom is -0.481 e. The minimum absolute atomic E-state index is 0.149. The highest BCUT2D eigenvalue weighted by Gasteiger charge is 2.31. The summed E-state index contributed by atoms with van der Waals surface area (Å²) in [6.07, 6.45) is 1.01. The summed E-state index contributed by atoms with van der Waals surface area (Å²) in [5.41, 5.74) is 0.149. The second-order valence-electron chi connectivity index (χ2n) is 4.91. The van der Waals surface area contributed by atoms with Crippen LogP contribution in [-0.4, -0.2) is 47.2 Å². The molecule has 2 N–H and O–H groups in total. The molecule has 88 valence electrons. The monoisotopic (exact) mass is 214 g/mol. The van der Waals surface area contributed by atoms with Gasteiger partial charge in [-0.05, 0) is 26.8 Å². The quantitative estimate of drug-likeness (QED) is 0.731. The zero-order chi connectivity index (χ0) is 11.5. The first-order valence-corrected chi connectivity index (χ1v) is 5.65. The van der Waals surface area contributed by atoms with Gasteiger partial charge in [-0.1, -0.05) is 6.92 Å². The van der Waals surface area contributed by atoms with E-state index < -0.39 is 5.97 Å². The molecule has 1 aliphatic rings. The van der Waals surface area contributed by atoms with Crippen LogP contribution in [-0.2, 0) is 4.79 Å². The Labute approximate surface area is 91.6 Å². The summed E-state index contributed by atoms with van der Waals surface area (Å²) in [4.78, 5) is 12.9. The molecule has 1 heterocycles. The third-order valence-electron chi connectivity index (χ3n) is 3.03. The van der Waals surface area contributed by atoms with E-state index in [1.165, 1.54) is 0 Å². The molecule has 1 aliphatic heterocycles. The zero-order valence-corrected chi connectivity index (χ0v) is 9.92. The average Bonchev–Trinajstić information content (AvgIpc) is 2.14. The third-order valence-corrected chi connectivity index (χ3v) is 3.03. The van der Waals surface area contributed by atoms with Crippen LogP contribution in [0.2, 0.25) is 0 Å². The number of carbonyl (C=O) groups is 1. The summed E-state index contributed by atoms with van der Waals surface area (Å²) >= 11 is 0. The Morgan fingerprint density at radius 2 is 2.27 bits per heavy atom. The maximum absolute atomic E-state index is 10.5. The largest absolute Gasteiger partial charge is 0.481 e. The van der Waals surface area contributed by atoms with Crippen LogP contribution in [0.3, 0.4) is 0 Å². The molecule has 1 rings (SSSR count). The third kappa shape index (κ3) is 3.80. The van der Waals surface area contributed by atoms with Crippen molar-refractivity contribution in [2.75, 3.05) is 19.6 Å². The van der Waals surface area contributed by atoms with E-state index in [1.54, 1.807) is 0 Å². The summed E-state index contributed by atoms with van der Waals surface area (Å²) in [7, 11) is 0. The molecule has 1 unspecified atom stereocenters. The van der Waals surface area contributed by atoms with Crippen LogP contribution >= 0.6 is 0 Å². The Hall–Kier alpha value is -0.610. The average molecular weight is 214 g/mol. The highest BCUT2D eigenvalue weighted by atomic mass is 16.4. The predicted molar refractivity (Wildman–Crippen MR) is 60.0 cm³/mol. The van der Waals surface area contributed by atoms with Crippen molar-refractivity contribution in [3.63, 3.8) is 0 Å². The van der Waals surface area contributed by atoms with Crippen molar-refractivity contribution in [3.8, 4) is 0 Å². The minimum atomic E-state index is -0.698. The van der Waals surface area contributed by atoms with Crippen molar-refractivity contribution in [2.24, 2.45) is 0 Å². The molecular weight excluding hydrogens is 192 g/mol. The summed E-state index contributed by atoms with van der Waals surface area (Å²) < 4.78 is 0. The van der Waals surface area contributed by atoms with Crippen LogP contribution in [0.15, 0.2) is 0 Å². The number of piperazine rings is 1. The van der Waals surface area contributed by atoms with E-state index >= 15 is 0 Å². The molecule has 15 heavy (non-hydrogen) atoms. The van der Waals surface area contributed by atoms with E-state index in [-0.39, 0.29) is 12.0 Å². The lowest BCUT2D eigenvalue weighted by molar-refractivity contribution is -0.137. The first kappa shape index (κ1) is 12.5. The fourth-order valence-corrected chi connectivity index (χ4v) is 2.16. The normalized spacial score (nSPS) is 26.5. The van der Waals surface area contributed by atoms with Crippen molar-refractivity contribution in [1.29, 1.82) is 0 Å². The van der Waals surface area contributed by atoms with Crippen LogP contribution in [0, 0.1) is 0 Å². The second-order valence-corrected chi connectivity index (χ2v) is 4.91. The van der Waals surface area contributed by atoms with Gasteiger partial charge >= 0.3 is 5.97 Å². The maximum Gasteiger partial charge on any atom is 0.303 e. The maximum atomic E-state index is 10.5. The lowest BCUT2D eigenvalue weighted by Crippen LogP contribution is -2.61. The molecule has 0 spiro atoms. The summed E-state index contributed by atoms with van der Waals surface area (Å²) in [6, 6.07) is 0.374. The van der Waals surface area contributed by atoms with Gasteiger partial charge in [0.25, 0.3) is 0 Å². The van der Waals surface area contributed by atoms with Gasteiger partial charge in [-0.3, -0.25) is 9.69 Å². The van der Waals surface area contributed by atoms with Crippen LogP contribution in [0.1, 0.15) is 33.6 Å². The van der Waals surface area contributed by atoms with E-state index in [2.05, 4.69) is 31.0 Å². The summed E-state index contributed by atoms with van der Waals surface area (Å²) in [5.74, 6) is -0.698. The van der Waals surface area contributed by atoms with Crippen molar-refractivity contribution in [1.82, 2.24) is 10.2 Å². The molecule has 0 amide bonds. The van der Waals surface area contributed by atoms with Crippen LogP contribution in [0.25, 0.3) is 0 Å². The van der Waals surface area contributed by atoms with Crippen LogP contribution in [0.4, 0.5) is 0 Å². The fourth-order valence-electron chi connectivity index (χ4n) is 2.16. The van der Waals surface area contributed by atoms with Gasteiger partial charge in [0.15, 0.2) is 0 Å². The Bertz CT molecular complexity index is 229. The number of rotatable bonds is 4. The molecule has 1 atom stereocenters. The van der Waals surface area contributed by atoms with Crippen LogP contribution < -0.4 is 5.32 Å². The number of hydrogen-bond acceptors (Lipinski definition) is 3. The van der Waals surface area contributed by atoms with E-state index in [0.29, 0.717) is 6.04 Å². The number of likely N-dealkylation sites (N-methyl/N-ethyl adjacent to an activating group) is 1. The van der Waals surface area contributed by atoms with Gasteiger partial charge in [0.2, 0.25) is 0 Å². The number of aliphatic carboxylic acids is 1. The summed E-state index contributed by atoms with van der Waals surface area (Å²) in [5, 5.41) is 12.1. The van der Waals surface area contributed by atoms with E-state index in [9.17, 15) is 4.79 Å². The van der Waals surface area contributed by atoms with Crippen LogP contribution in [0.5, 0.6) is 0 Å². The van der Waals surface area contributed by atoms with E-state index in [0.717, 1.165) is 26.1 Å². The SMILES string of the molecule is CCN1CC(C)(C)NCC1CCC(=O)O. The molecular formula is C11H22N2O2. The fraction of sp³-hybridized carbons (Fsp3) is 0.909. The van der Waals surface area contributed by atoms with E-state index in [1.807, 2.05) is 0 Å². The first-order valence-electron chi connectivity index (χ1n) is 5.65. The molecule has 0 aliphatic carbocycles. The topological polar surface area (TPSA) is 52.6 Å². The van der Waals surface area contributed by atoms with Gasteiger partial charge < -0.3 is 10.4 Å². The Morgan fingerprint density at radius 3 is 2.80 bits per heavy atom. The number of nitrogens with zero attached hydrogens (tertiary/aromatic N) is 1. The van der Waals surface area contributed by atoms with Gasteiger partial charge in [0.1, 0.15) is 0 Å². The Kier molecular flexibility index (Phi) is 4.11. The van der Waals surface area contributed by atoms with Crippen molar-refractivity contribution in [3.05, 3.63) is 0 Å². The molecule has 0 saturated carbocycles. The second kappa shape index (κ2) is 4.94. The van der Waals surface area contributed by atoms with Gasteiger partial charge in [0, 0.05) is 31.1 Å². The first-order chi connectivity index (χ1) is 6.94. The number of hydrogen-bond donors (Lipinski definition) is 2. The molecule has 1 fully saturated rings. The highest BCUT2D eigenvalue weighted by Crippen LogP contribution is 2.17. The Morgan fingerprint density at radius 1 is 1.60 bits per heavy atom. The lowest BCUT2D eigenvalue weighted by atomic mass is 9.96. The summed E-state index contributed by atoms with van der Waals surface area (Å²) in [6.45, 7) is 9.39. The zero-order valence-electron chi connectivity index (χ0n) is 9.92. The molecule has 0 bridgehead atoms. The Balaban J connectivity index is 2.47. The van der Waals surface area contributed by atoms with E-state index in [4.69, 9.17) is 5.11 Å². The van der Waals surface area contributed by atoms with Gasteiger partial charge in [0.05, 0.1) is 0 Å². The standard InChI is InChI=1S/C11H22N2O2/c1-4-13-8-11(2,3)12-7-9(13)5-6-10(14)15/h9,12H,4-8H2,1-3H3,(H,14,15). The predicted octanol–water partition coefficient (Wildman–Crippen LogP) is 0.923. The molecule has 0 aromatic carbocycles. The molecule has 4 heteroatoms. The molecule has 1 saturated heterocycles. The molecule has 4 nitrogen and oxygen atoms in total. The number of nitrogens with one attached hydrogen (secondary N) is 1. The smallest absolute Gasteiger partial charge is 0.303 e. The highest BCUT2D eigenvalue weighted by molar-refractivity contribution is 5.66. The van der Waals surface area contributed by atoms with Gasteiger partial charge in [-0.25, -0.2) is 0 Å². The van der Waals surface area contributed by atoms with Gasteiger partial charge in [-0.2, -0.15) is 0 Å². The lowest BCUT2D eigenvalue weighted by Gasteiger charge is -2.44. The van der Waals surface area contributed by atoms with Gasteiger partial charge in [-0.15, -0.1) is 0 Å². The number of carboxylic acids is 1. The molecule has 0 aromatic rings. The number of carboxylic acid groups (broad SMARTS) is 1. The van der Waals surface area contributed by atoms with Crippen molar-refractivity contribution >= 4 is 5.97 Å². The van der Waals surface area contributed by atoms with Crippen molar-refractivity contribution < 1.29 is 9.90 Å². The molecule has 0 aromatic heterocycles. The van der Waals surface area contributed by atoms with Crippen molar-refractivity contribution in [2.45, 2.75) is 45.2 Å². The molecule has 0 radical (unpaired) electrons.